The summed E-state index contributed by atoms with van der Waals surface area (Å²) in [7, 11) is 0. The van der Waals surface area contributed by atoms with Crippen LogP contribution in [0.4, 0.5) is 5.69 Å². The number of amides is 1. The molecule has 1 aliphatic heterocycles. The molecule has 1 unspecified atom stereocenters. The van der Waals surface area contributed by atoms with Gasteiger partial charge in [0.25, 0.3) is 0 Å². The van der Waals surface area contributed by atoms with Crippen molar-refractivity contribution in [3.63, 3.8) is 0 Å². The predicted octanol–water partition coefficient (Wildman–Crippen LogP) is 3.20. The Morgan fingerprint density at radius 2 is 1.96 bits per heavy atom. The SMILES string of the molecule is O=C(O)COc1ccc(NC(=O)CC2CCCCO2)c2ccccc12. The molecular weight excluding hydrogens is 322 g/mol. The Morgan fingerprint density at radius 3 is 2.68 bits per heavy atom. The highest BCUT2D eigenvalue weighted by Gasteiger charge is 2.18. The fourth-order valence-electron chi connectivity index (χ4n) is 3.02. The molecule has 25 heavy (non-hydrogen) atoms. The lowest BCUT2D eigenvalue weighted by molar-refractivity contribution is -0.139. The molecule has 6 nitrogen and oxygen atoms in total. The van der Waals surface area contributed by atoms with Crippen molar-refractivity contribution in [1.29, 1.82) is 0 Å². The number of nitrogens with one attached hydrogen (secondary N) is 1. The molecule has 2 N–H and O–H groups in total. The van der Waals surface area contributed by atoms with Crippen LogP contribution >= 0.6 is 0 Å². The van der Waals surface area contributed by atoms with Crippen LogP contribution in [0.15, 0.2) is 36.4 Å². The molecule has 1 aliphatic rings. The Hall–Kier alpha value is -2.60. The highest BCUT2D eigenvalue weighted by molar-refractivity contribution is 6.04. The number of hydrogen-bond acceptors (Lipinski definition) is 4. The van der Waals surface area contributed by atoms with Crippen molar-refractivity contribution in [2.75, 3.05) is 18.5 Å². The standard InChI is InChI=1S/C19H21NO5/c21-18(11-13-5-3-4-10-24-13)20-16-8-9-17(25-12-19(22)23)15-7-2-1-6-14(15)16/h1-2,6-9,13H,3-5,10-12H2,(H,20,21)(H,22,23). The summed E-state index contributed by atoms with van der Waals surface area (Å²) in [4.78, 5) is 23.0. The molecule has 0 aromatic heterocycles. The molecule has 0 saturated carbocycles. The lowest BCUT2D eigenvalue weighted by atomic mass is 10.1. The van der Waals surface area contributed by atoms with Crippen LogP contribution in [0, 0.1) is 0 Å². The van der Waals surface area contributed by atoms with Crippen molar-refractivity contribution < 1.29 is 24.2 Å². The third-order valence-corrected chi connectivity index (χ3v) is 4.20. The van der Waals surface area contributed by atoms with Crippen molar-refractivity contribution in [3.8, 4) is 5.75 Å². The third kappa shape index (κ3) is 4.48. The summed E-state index contributed by atoms with van der Waals surface area (Å²) in [6, 6.07) is 10.8. The minimum Gasteiger partial charge on any atom is -0.481 e. The highest BCUT2D eigenvalue weighted by atomic mass is 16.5. The zero-order valence-corrected chi connectivity index (χ0v) is 13.9. The summed E-state index contributed by atoms with van der Waals surface area (Å²) >= 11 is 0. The number of hydrogen-bond donors (Lipinski definition) is 2. The van der Waals surface area contributed by atoms with Gasteiger partial charge in [-0.1, -0.05) is 24.3 Å². The van der Waals surface area contributed by atoms with E-state index >= 15 is 0 Å². The van der Waals surface area contributed by atoms with Gasteiger partial charge in [0.05, 0.1) is 12.5 Å². The van der Waals surface area contributed by atoms with Gasteiger partial charge in [-0.3, -0.25) is 4.79 Å². The minimum atomic E-state index is -1.03. The maximum Gasteiger partial charge on any atom is 0.341 e. The van der Waals surface area contributed by atoms with E-state index in [-0.39, 0.29) is 12.0 Å². The van der Waals surface area contributed by atoms with Crippen molar-refractivity contribution in [3.05, 3.63) is 36.4 Å². The molecule has 0 spiro atoms. The lowest BCUT2D eigenvalue weighted by Gasteiger charge is -2.22. The molecule has 2 aromatic carbocycles. The second kappa shape index (κ2) is 7.98. The molecule has 1 saturated heterocycles. The summed E-state index contributed by atoms with van der Waals surface area (Å²) in [5.41, 5.74) is 0.680. The highest BCUT2D eigenvalue weighted by Crippen LogP contribution is 2.32. The van der Waals surface area contributed by atoms with Gasteiger partial charge in [-0.05, 0) is 31.4 Å². The number of fused-ring (bicyclic) bond motifs is 1. The van der Waals surface area contributed by atoms with Crippen molar-refractivity contribution in [1.82, 2.24) is 0 Å². The van der Waals surface area contributed by atoms with Crippen LogP contribution in [0.25, 0.3) is 10.8 Å². The normalized spacial score (nSPS) is 17.2. The number of carboxylic acid groups (broad SMARTS) is 1. The first-order valence-corrected chi connectivity index (χ1v) is 8.41. The van der Waals surface area contributed by atoms with Gasteiger partial charge in [0.15, 0.2) is 6.61 Å². The van der Waals surface area contributed by atoms with E-state index in [1.54, 1.807) is 12.1 Å². The zero-order chi connectivity index (χ0) is 17.6. The molecule has 0 aliphatic carbocycles. The van der Waals surface area contributed by atoms with E-state index in [4.69, 9.17) is 14.6 Å². The lowest BCUT2D eigenvalue weighted by Crippen LogP contribution is -2.25. The van der Waals surface area contributed by atoms with E-state index in [1.165, 1.54) is 0 Å². The van der Waals surface area contributed by atoms with Crippen LogP contribution in [-0.4, -0.2) is 36.3 Å². The molecule has 2 aromatic rings. The van der Waals surface area contributed by atoms with Crippen LogP contribution in [-0.2, 0) is 14.3 Å². The predicted molar refractivity (Wildman–Crippen MR) is 93.9 cm³/mol. The average molecular weight is 343 g/mol. The van der Waals surface area contributed by atoms with E-state index < -0.39 is 12.6 Å². The Kier molecular flexibility index (Phi) is 5.50. The molecular formula is C19H21NO5. The monoisotopic (exact) mass is 343 g/mol. The van der Waals surface area contributed by atoms with E-state index in [2.05, 4.69) is 5.32 Å². The maximum absolute atomic E-state index is 12.3. The molecule has 3 rings (SSSR count). The maximum atomic E-state index is 12.3. The second-order valence-electron chi connectivity index (χ2n) is 6.08. The van der Waals surface area contributed by atoms with Crippen LogP contribution in [0.1, 0.15) is 25.7 Å². The Bertz CT molecular complexity index is 767. The number of rotatable bonds is 6. The van der Waals surface area contributed by atoms with Crippen LogP contribution in [0.5, 0.6) is 5.75 Å². The summed E-state index contributed by atoms with van der Waals surface area (Å²) in [5, 5.41) is 13.3. The third-order valence-electron chi connectivity index (χ3n) is 4.20. The smallest absolute Gasteiger partial charge is 0.341 e. The number of carboxylic acids is 1. The number of carbonyl (C=O) groups is 2. The summed E-state index contributed by atoms with van der Waals surface area (Å²) in [5.74, 6) is -0.642. The molecule has 0 bridgehead atoms. The van der Waals surface area contributed by atoms with E-state index in [0.29, 0.717) is 17.9 Å². The van der Waals surface area contributed by atoms with E-state index in [1.807, 2.05) is 24.3 Å². The first-order valence-electron chi connectivity index (χ1n) is 8.41. The average Bonchev–Trinajstić information content (AvgIpc) is 2.61. The van der Waals surface area contributed by atoms with Gasteiger partial charge in [-0.25, -0.2) is 4.79 Å². The quantitative estimate of drug-likeness (QED) is 0.841. The van der Waals surface area contributed by atoms with Gasteiger partial charge in [-0.15, -0.1) is 0 Å². The number of ether oxygens (including phenoxy) is 2. The van der Waals surface area contributed by atoms with Crippen LogP contribution in [0.3, 0.4) is 0 Å². The van der Waals surface area contributed by atoms with E-state index in [0.717, 1.165) is 36.6 Å². The Labute approximate surface area is 145 Å². The summed E-state index contributed by atoms with van der Waals surface area (Å²) in [6.07, 6.45) is 3.39. The summed E-state index contributed by atoms with van der Waals surface area (Å²) in [6.45, 7) is 0.311. The van der Waals surface area contributed by atoms with Gasteiger partial charge >= 0.3 is 5.97 Å². The molecule has 0 radical (unpaired) electrons. The second-order valence-corrected chi connectivity index (χ2v) is 6.08. The topological polar surface area (TPSA) is 84.9 Å². The largest absolute Gasteiger partial charge is 0.481 e. The fourth-order valence-corrected chi connectivity index (χ4v) is 3.02. The molecule has 6 heteroatoms. The summed E-state index contributed by atoms with van der Waals surface area (Å²) < 4.78 is 10.9. The van der Waals surface area contributed by atoms with Crippen molar-refractivity contribution in [2.24, 2.45) is 0 Å². The van der Waals surface area contributed by atoms with Gasteiger partial charge in [-0.2, -0.15) is 0 Å². The number of benzene rings is 2. The first-order chi connectivity index (χ1) is 12.1. The zero-order valence-electron chi connectivity index (χ0n) is 13.9. The van der Waals surface area contributed by atoms with Gasteiger partial charge < -0.3 is 19.9 Å². The van der Waals surface area contributed by atoms with Crippen LogP contribution < -0.4 is 10.1 Å². The van der Waals surface area contributed by atoms with Crippen molar-refractivity contribution >= 4 is 28.3 Å². The fraction of sp³-hybridized carbons (Fsp3) is 0.368. The molecule has 1 amide bonds. The van der Waals surface area contributed by atoms with Gasteiger partial charge in [0.2, 0.25) is 5.91 Å². The molecule has 1 atom stereocenters. The molecule has 132 valence electrons. The minimum absolute atomic E-state index is 0.0156. The van der Waals surface area contributed by atoms with Gasteiger partial charge in [0, 0.05) is 23.1 Å². The number of carbonyl (C=O) groups excluding carboxylic acids is 1. The Balaban J connectivity index is 1.76. The van der Waals surface area contributed by atoms with Gasteiger partial charge in [0.1, 0.15) is 5.75 Å². The number of anilines is 1. The van der Waals surface area contributed by atoms with E-state index in [9.17, 15) is 9.59 Å². The Morgan fingerprint density at radius 1 is 1.16 bits per heavy atom. The number of aliphatic carboxylic acids is 1. The molecule has 1 fully saturated rings. The molecule has 1 heterocycles. The van der Waals surface area contributed by atoms with Crippen LogP contribution in [0.2, 0.25) is 0 Å². The van der Waals surface area contributed by atoms with Crippen molar-refractivity contribution in [2.45, 2.75) is 31.8 Å². The first kappa shape index (κ1) is 17.2.